The number of ether oxygens (including phenoxy) is 1. The molecule has 3 aromatic carbocycles. The largest absolute Gasteiger partial charge is 0.469 e. The van der Waals surface area contributed by atoms with Gasteiger partial charge in [-0.05, 0) is 35.1 Å². The van der Waals surface area contributed by atoms with Gasteiger partial charge in [-0.2, -0.15) is 0 Å². The SMILES string of the molecule is CC(C)C(O)C(=O)NC1Cc2ccc3c(c2)C24c5cccc(c5NC2O3)-c2cccc3c2c(cn3P(=O)(O)O)-c2cnc(o2)-c2nc(oc24)C(C(C)C)NC1=O. The molecule has 56 heavy (non-hydrogen) atoms. The number of nitrogens with zero attached hydrogens (tertiary/aromatic N) is 3. The summed E-state index contributed by atoms with van der Waals surface area (Å²) in [6, 6.07) is 14.9. The van der Waals surface area contributed by atoms with E-state index >= 15 is 0 Å². The Hall–Kier alpha value is -5.73. The number of anilines is 1. The Morgan fingerprint density at radius 3 is 2.57 bits per heavy atom. The highest BCUT2D eigenvalue weighted by atomic mass is 31.2. The van der Waals surface area contributed by atoms with Crippen LogP contribution in [-0.4, -0.2) is 59.4 Å². The number of nitrogens with one attached hydrogen (secondary N) is 3. The molecular formula is C40H37N6O9P. The first-order valence-corrected chi connectivity index (χ1v) is 20.0. The molecule has 5 atom stereocenters. The van der Waals surface area contributed by atoms with Gasteiger partial charge in [0.1, 0.15) is 29.4 Å². The molecule has 0 saturated heterocycles. The molecule has 15 nitrogen and oxygen atoms in total. The molecule has 16 heteroatoms. The predicted molar refractivity (Wildman–Crippen MR) is 202 cm³/mol. The van der Waals surface area contributed by atoms with E-state index in [1.54, 1.807) is 26.0 Å². The fourth-order valence-electron chi connectivity index (χ4n) is 8.71. The summed E-state index contributed by atoms with van der Waals surface area (Å²) >= 11 is 0. The number of amides is 2. The van der Waals surface area contributed by atoms with E-state index in [0.717, 1.165) is 26.7 Å². The molecule has 10 bridgehead atoms. The van der Waals surface area contributed by atoms with E-state index in [9.17, 15) is 29.0 Å². The lowest BCUT2D eigenvalue weighted by atomic mass is 9.72. The average molecular weight is 777 g/mol. The summed E-state index contributed by atoms with van der Waals surface area (Å²) in [6.07, 6.45) is 0.884. The number of carbonyl (C=O) groups excluding carboxylic acids is 2. The minimum absolute atomic E-state index is 0.0824. The topological polar surface area (TPSA) is 214 Å². The molecule has 10 rings (SSSR count). The van der Waals surface area contributed by atoms with E-state index in [0.29, 0.717) is 39.1 Å². The molecule has 0 saturated carbocycles. The van der Waals surface area contributed by atoms with Crippen LogP contribution in [0, 0.1) is 11.8 Å². The second-order valence-corrected chi connectivity index (χ2v) is 17.0. The van der Waals surface area contributed by atoms with Crippen molar-refractivity contribution in [3.05, 3.63) is 95.3 Å². The summed E-state index contributed by atoms with van der Waals surface area (Å²) < 4.78 is 34.0. The molecule has 0 aliphatic carbocycles. The van der Waals surface area contributed by atoms with Crippen LogP contribution in [0.15, 0.2) is 75.8 Å². The zero-order chi connectivity index (χ0) is 39.0. The Kier molecular flexibility index (Phi) is 7.37. The number of hydrogen-bond acceptors (Lipinski definition) is 10. The van der Waals surface area contributed by atoms with Crippen LogP contribution in [0.5, 0.6) is 5.75 Å². The fourth-order valence-corrected chi connectivity index (χ4v) is 9.42. The minimum Gasteiger partial charge on any atom is -0.469 e. The highest BCUT2D eigenvalue weighted by molar-refractivity contribution is 7.50. The van der Waals surface area contributed by atoms with Crippen molar-refractivity contribution in [1.82, 2.24) is 24.9 Å². The number of aliphatic hydroxyl groups excluding tert-OH is 1. The summed E-state index contributed by atoms with van der Waals surface area (Å²) in [5.41, 5.74) is 4.14. The van der Waals surface area contributed by atoms with Crippen molar-refractivity contribution >= 4 is 36.2 Å². The lowest BCUT2D eigenvalue weighted by molar-refractivity contribution is -0.135. The van der Waals surface area contributed by atoms with E-state index < -0.39 is 49.4 Å². The van der Waals surface area contributed by atoms with Crippen LogP contribution in [0.4, 0.5) is 5.69 Å². The van der Waals surface area contributed by atoms with Crippen molar-refractivity contribution < 1.29 is 42.6 Å². The van der Waals surface area contributed by atoms with E-state index in [1.165, 1.54) is 12.4 Å². The molecule has 0 fully saturated rings. The molecule has 286 valence electrons. The molecule has 6 aromatic rings. The average Bonchev–Trinajstić information content (AvgIpc) is 3.98. The summed E-state index contributed by atoms with van der Waals surface area (Å²) in [4.78, 5) is 58.1. The summed E-state index contributed by atoms with van der Waals surface area (Å²) in [6.45, 7) is 7.27. The van der Waals surface area contributed by atoms with Gasteiger partial charge in [0.2, 0.25) is 23.6 Å². The smallest absolute Gasteiger partial charge is 0.434 e. The monoisotopic (exact) mass is 776 g/mol. The Morgan fingerprint density at radius 2 is 1.80 bits per heavy atom. The molecule has 6 N–H and O–H groups in total. The van der Waals surface area contributed by atoms with Gasteiger partial charge in [0, 0.05) is 45.9 Å². The van der Waals surface area contributed by atoms with Crippen molar-refractivity contribution in [3.8, 4) is 39.8 Å². The lowest BCUT2D eigenvalue weighted by Gasteiger charge is -2.29. The number of oxazole rings is 2. The molecule has 0 radical (unpaired) electrons. The number of para-hydroxylation sites is 1. The zero-order valence-corrected chi connectivity index (χ0v) is 31.5. The van der Waals surface area contributed by atoms with Gasteiger partial charge in [0.15, 0.2) is 23.4 Å². The normalized spacial score (nSPS) is 22.2. The maximum Gasteiger partial charge on any atom is 0.434 e. The Labute approximate surface area is 319 Å². The number of hydrogen-bond donors (Lipinski definition) is 6. The molecule has 7 heterocycles. The van der Waals surface area contributed by atoms with Crippen LogP contribution in [0.1, 0.15) is 62.1 Å². The van der Waals surface area contributed by atoms with Gasteiger partial charge in [-0.1, -0.05) is 70.2 Å². The van der Waals surface area contributed by atoms with Gasteiger partial charge < -0.3 is 44.4 Å². The van der Waals surface area contributed by atoms with Crippen molar-refractivity contribution in [3.63, 3.8) is 0 Å². The van der Waals surface area contributed by atoms with Crippen molar-refractivity contribution in [2.24, 2.45) is 11.8 Å². The first-order valence-electron chi connectivity index (χ1n) is 18.4. The summed E-state index contributed by atoms with van der Waals surface area (Å²) in [5.74, 6) is -0.349. The van der Waals surface area contributed by atoms with Crippen LogP contribution < -0.4 is 20.7 Å². The first kappa shape index (κ1) is 34.7. The lowest BCUT2D eigenvalue weighted by Crippen LogP contribution is -2.52. The number of aliphatic hydroxyl groups is 1. The van der Waals surface area contributed by atoms with Gasteiger partial charge in [-0.15, -0.1) is 0 Å². The molecular weight excluding hydrogens is 739 g/mol. The molecule has 4 aliphatic heterocycles. The standard InChI is InChI=1S/C40H37N6O9P/c1-17(2)30-38-44-32-34(55-38)40-23-9-5-8-21(20-7-6-10-26-29(20)22(16-46(26)56(50,51)52)28-15-41-37(32)53-28)31(23)45-39(40)54-27-12-11-19(13-24(27)40)14-25(35(48)43-30)42-36(49)33(47)18(3)4/h5-13,15-18,25,30,33,39,45,47H,14H2,1-4H3,(H,42,49)(H,43,48)(H2,50,51,52). The number of aromatic nitrogens is 3. The summed E-state index contributed by atoms with van der Waals surface area (Å²) in [7, 11) is -4.82. The van der Waals surface area contributed by atoms with E-state index in [4.69, 9.17) is 23.5 Å². The number of fused-ring (bicyclic) bond motifs is 7. The molecule has 4 aliphatic rings. The number of benzene rings is 3. The van der Waals surface area contributed by atoms with E-state index in [1.807, 2.05) is 56.3 Å². The Balaban J connectivity index is 1.29. The highest BCUT2D eigenvalue weighted by Gasteiger charge is 2.61. The third-order valence-electron chi connectivity index (χ3n) is 11.4. The van der Waals surface area contributed by atoms with Gasteiger partial charge >= 0.3 is 7.75 Å². The van der Waals surface area contributed by atoms with Crippen LogP contribution in [0.3, 0.4) is 0 Å². The van der Waals surface area contributed by atoms with Crippen LogP contribution in [0.25, 0.3) is 44.9 Å². The fraction of sp³-hybridized carbons (Fsp3) is 0.300. The van der Waals surface area contributed by atoms with E-state index in [-0.39, 0.29) is 41.5 Å². The third kappa shape index (κ3) is 4.78. The quantitative estimate of drug-likeness (QED) is 0.124. The maximum absolute atomic E-state index is 14.2. The van der Waals surface area contributed by atoms with Crippen molar-refractivity contribution in [2.45, 2.75) is 63.9 Å². The van der Waals surface area contributed by atoms with Gasteiger partial charge in [0.05, 0.1) is 11.7 Å². The molecule has 3 aromatic heterocycles. The van der Waals surface area contributed by atoms with Gasteiger partial charge in [-0.25, -0.2) is 14.5 Å². The maximum atomic E-state index is 14.2. The molecule has 5 unspecified atom stereocenters. The Bertz CT molecular complexity index is 2710. The second kappa shape index (κ2) is 11.9. The van der Waals surface area contributed by atoms with Crippen molar-refractivity contribution in [2.75, 3.05) is 5.32 Å². The molecule has 1 spiro atoms. The number of rotatable bonds is 5. The zero-order valence-electron chi connectivity index (χ0n) is 30.6. The van der Waals surface area contributed by atoms with Crippen LogP contribution in [0.2, 0.25) is 0 Å². The van der Waals surface area contributed by atoms with Gasteiger partial charge in [0.25, 0.3) is 0 Å². The summed E-state index contributed by atoms with van der Waals surface area (Å²) in [5, 5.41) is 20.7. The van der Waals surface area contributed by atoms with Gasteiger partial charge in [-0.3, -0.25) is 13.9 Å². The Morgan fingerprint density at radius 1 is 1.02 bits per heavy atom. The third-order valence-corrected chi connectivity index (χ3v) is 12.3. The minimum atomic E-state index is -4.82. The second-order valence-electron chi connectivity index (χ2n) is 15.6. The highest BCUT2D eigenvalue weighted by Crippen LogP contribution is 2.61. The van der Waals surface area contributed by atoms with E-state index in [2.05, 4.69) is 16.0 Å². The van der Waals surface area contributed by atoms with Crippen molar-refractivity contribution in [1.29, 1.82) is 0 Å². The first-order chi connectivity index (χ1) is 26.7. The molecule has 2 amide bonds. The number of carbonyl (C=O) groups is 2. The predicted octanol–water partition coefficient (Wildman–Crippen LogP) is 5.22. The van der Waals surface area contributed by atoms with Crippen LogP contribution in [-0.2, 0) is 26.0 Å². The van der Waals surface area contributed by atoms with Crippen LogP contribution >= 0.6 is 7.75 Å².